The zero-order chi connectivity index (χ0) is 12.4. The minimum Gasteiger partial charge on any atom is -0.478 e. The van der Waals surface area contributed by atoms with Crippen molar-refractivity contribution >= 4 is 23.3 Å². The van der Waals surface area contributed by atoms with Crippen LogP contribution in [0, 0.1) is 0 Å². The second kappa shape index (κ2) is 9.04. The molecule has 3 nitrogen and oxygen atoms in total. The first kappa shape index (κ1) is 14.8. The van der Waals surface area contributed by atoms with Gasteiger partial charge in [0.1, 0.15) is 0 Å². The van der Waals surface area contributed by atoms with Gasteiger partial charge >= 0.3 is 5.97 Å². The van der Waals surface area contributed by atoms with Crippen molar-refractivity contribution in [1.29, 1.82) is 0 Å². The highest BCUT2D eigenvalue weighted by Gasteiger charge is 1.98. The van der Waals surface area contributed by atoms with Crippen molar-refractivity contribution in [2.75, 3.05) is 11.6 Å². The number of rotatable bonds is 4. The van der Waals surface area contributed by atoms with Gasteiger partial charge in [0, 0.05) is 11.6 Å². The molecule has 0 unspecified atom stereocenters. The van der Waals surface area contributed by atoms with Gasteiger partial charge in [0.05, 0.1) is 5.56 Å². The summed E-state index contributed by atoms with van der Waals surface area (Å²) in [7, 11) is 0. The van der Waals surface area contributed by atoms with E-state index in [4.69, 9.17) is 22.4 Å². The molecule has 0 saturated carbocycles. The third-order valence-corrected chi connectivity index (χ3v) is 2.16. The van der Waals surface area contributed by atoms with Crippen molar-refractivity contribution in [3.63, 3.8) is 0 Å². The zero-order valence-electron chi connectivity index (χ0n) is 9.45. The van der Waals surface area contributed by atoms with E-state index < -0.39 is 5.97 Å². The number of alkyl halides is 1. The average molecular weight is 244 g/mol. The van der Waals surface area contributed by atoms with Gasteiger partial charge in [-0.2, -0.15) is 0 Å². The van der Waals surface area contributed by atoms with Crippen LogP contribution >= 0.6 is 11.6 Å². The Labute approximate surface area is 101 Å². The maximum absolute atomic E-state index is 10.3. The van der Waals surface area contributed by atoms with Crippen LogP contribution in [0.2, 0.25) is 0 Å². The van der Waals surface area contributed by atoms with Crippen LogP contribution in [0.1, 0.15) is 36.5 Å². The molecule has 0 bridgehead atoms. The molecule has 0 fully saturated rings. The lowest BCUT2D eigenvalue weighted by molar-refractivity contribution is 0.0697. The van der Waals surface area contributed by atoms with Crippen LogP contribution in [0.5, 0.6) is 0 Å². The van der Waals surface area contributed by atoms with E-state index in [9.17, 15) is 4.79 Å². The van der Waals surface area contributed by atoms with Gasteiger partial charge < -0.3 is 10.8 Å². The van der Waals surface area contributed by atoms with Crippen LogP contribution in [0.4, 0.5) is 5.69 Å². The van der Waals surface area contributed by atoms with Crippen molar-refractivity contribution in [1.82, 2.24) is 0 Å². The third kappa shape index (κ3) is 7.12. The minimum atomic E-state index is -0.931. The minimum absolute atomic E-state index is 0.259. The van der Waals surface area contributed by atoms with E-state index in [1.807, 2.05) is 0 Å². The number of nitrogens with two attached hydrogens (primary N) is 1. The number of carboxylic acids is 1. The standard InChI is InChI=1S/C7H7NO2.C5H11Cl/c8-6-3-1-5(2-4-6)7(9)10;1-2-3-4-5-6/h1-4H,8H2,(H,9,10);2-5H2,1H3. The van der Waals surface area contributed by atoms with Gasteiger partial charge in [-0.05, 0) is 30.7 Å². The summed E-state index contributed by atoms with van der Waals surface area (Å²) in [6.45, 7) is 2.17. The first-order chi connectivity index (χ1) is 7.61. The van der Waals surface area contributed by atoms with E-state index in [0.29, 0.717) is 5.69 Å². The van der Waals surface area contributed by atoms with Gasteiger partial charge in [-0.25, -0.2) is 4.79 Å². The SMILES string of the molecule is CCCCCCl.Nc1ccc(C(=O)O)cc1. The molecular weight excluding hydrogens is 226 g/mol. The van der Waals surface area contributed by atoms with Crippen LogP contribution in [0.15, 0.2) is 24.3 Å². The normalized spacial score (nSPS) is 9.12. The highest BCUT2D eigenvalue weighted by molar-refractivity contribution is 6.17. The number of anilines is 1. The van der Waals surface area contributed by atoms with E-state index in [-0.39, 0.29) is 5.56 Å². The topological polar surface area (TPSA) is 63.3 Å². The molecule has 3 N–H and O–H groups in total. The van der Waals surface area contributed by atoms with Gasteiger partial charge in [0.25, 0.3) is 0 Å². The van der Waals surface area contributed by atoms with E-state index >= 15 is 0 Å². The first-order valence-electron chi connectivity index (χ1n) is 5.26. The van der Waals surface area contributed by atoms with Crippen molar-refractivity contribution < 1.29 is 9.90 Å². The maximum Gasteiger partial charge on any atom is 0.335 e. The highest BCUT2D eigenvalue weighted by Crippen LogP contribution is 2.04. The number of aromatic carboxylic acids is 1. The molecule has 0 aliphatic carbocycles. The van der Waals surface area contributed by atoms with Crippen LogP contribution in [0.3, 0.4) is 0 Å². The molecule has 90 valence electrons. The summed E-state index contributed by atoms with van der Waals surface area (Å²) >= 11 is 5.38. The van der Waals surface area contributed by atoms with Gasteiger partial charge in [0.15, 0.2) is 0 Å². The number of hydrogen-bond donors (Lipinski definition) is 2. The number of nitrogen functional groups attached to an aromatic ring is 1. The summed E-state index contributed by atoms with van der Waals surface area (Å²) in [6.07, 6.45) is 3.73. The molecule has 1 aromatic rings. The fourth-order valence-electron chi connectivity index (χ4n) is 0.970. The Bertz CT molecular complexity index is 294. The number of carboxylic acid groups (broad SMARTS) is 1. The summed E-state index contributed by atoms with van der Waals surface area (Å²) in [6, 6.07) is 6.06. The summed E-state index contributed by atoms with van der Waals surface area (Å²) in [5.41, 5.74) is 6.17. The molecule has 0 radical (unpaired) electrons. The van der Waals surface area contributed by atoms with Crippen LogP contribution in [0.25, 0.3) is 0 Å². The smallest absolute Gasteiger partial charge is 0.335 e. The molecule has 1 rings (SSSR count). The van der Waals surface area contributed by atoms with Crippen molar-refractivity contribution in [2.45, 2.75) is 26.2 Å². The summed E-state index contributed by atoms with van der Waals surface area (Å²) in [5.74, 6) is -0.103. The molecule has 0 heterocycles. The molecular formula is C12H18ClNO2. The van der Waals surface area contributed by atoms with E-state index in [1.54, 1.807) is 12.1 Å². The number of halogens is 1. The predicted molar refractivity (Wildman–Crippen MR) is 68.1 cm³/mol. The van der Waals surface area contributed by atoms with Gasteiger partial charge in [-0.15, -0.1) is 11.6 Å². The quantitative estimate of drug-likeness (QED) is 0.484. The van der Waals surface area contributed by atoms with Crippen LogP contribution in [-0.2, 0) is 0 Å². The van der Waals surface area contributed by atoms with Crippen LogP contribution in [-0.4, -0.2) is 17.0 Å². The number of carbonyl (C=O) groups is 1. The Morgan fingerprint density at radius 3 is 2.19 bits per heavy atom. The molecule has 4 heteroatoms. The molecule has 0 atom stereocenters. The summed E-state index contributed by atoms with van der Waals surface area (Å²) < 4.78 is 0. The zero-order valence-corrected chi connectivity index (χ0v) is 10.2. The maximum atomic E-state index is 10.3. The molecule has 0 amide bonds. The monoisotopic (exact) mass is 243 g/mol. The van der Waals surface area contributed by atoms with Gasteiger partial charge in [0.2, 0.25) is 0 Å². The molecule has 0 aliphatic heterocycles. The second-order valence-electron chi connectivity index (χ2n) is 3.32. The molecule has 1 aromatic carbocycles. The first-order valence-corrected chi connectivity index (χ1v) is 5.80. The molecule has 16 heavy (non-hydrogen) atoms. The lowest BCUT2D eigenvalue weighted by Gasteiger charge is -1.93. The molecule has 0 aromatic heterocycles. The van der Waals surface area contributed by atoms with Crippen molar-refractivity contribution in [3.05, 3.63) is 29.8 Å². The second-order valence-corrected chi connectivity index (χ2v) is 3.70. The molecule has 0 saturated heterocycles. The molecule has 0 spiro atoms. The van der Waals surface area contributed by atoms with E-state index in [1.165, 1.54) is 31.4 Å². The number of benzene rings is 1. The predicted octanol–water partition coefficient (Wildman–Crippen LogP) is 3.38. The summed E-state index contributed by atoms with van der Waals surface area (Å²) in [4.78, 5) is 10.3. The molecule has 0 aliphatic rings. The number of hydrogen-bond acceptors (Lipinski definition) is 2. The third-order valence-electron chi connectivity index (χ3n) is 1.89. The Kier molecular flexibility index (Phi) is 8.35. The Hall–Kier alpha value is -1.22. The lowest BCUT2D eigenvalue weighted by atomic mass is 10.2. The largest absolute Gasteiger partial charge is 0.478 e. The van der Waals surface area contributed by atoms with Crippen molar-refractivity contribution in [3.8, 4) is 0 Å². The van der Waals surface area contributed by atoms with Gasteiger partial charge in [-0.1, -0.05) is 19.8 Å². The lowest BCUT2D eigenvalue weighted by Crippen LogP contribution is -1.95. The highest BCUT2D eigenvalue weighted by atomic mass is 35.5. The van der Waals surface area contributed by atoms with E-state index in [2.05, 4.69) is 6.92 Å². The van der Waals surface area contributed by atoms with Gasteiger partial charge in [-0.3, -0.25) is 0 Å². The number of unbranched alkanes of at least 4 members (excludes halogenated alkanes) is 2. The fourth-order valence-corrected chi connectivity index (χ4v) is 1.16. The fraction of sp³-hybridized carbons (Fsp3) is 0.417. The van der Waals surface area contributed by atoms with Crippen molar-refractivity contribution in [2.24, 2.45) is 0 Å². The summed E-state index contributed by atoms with van der Waals surface area (Å²) in [5, 5.41) is 8.43. The Morgan fingerprint density at radius 2 is 1.88 bits per heavy atom. The Morgan fingerprint density at radius 1 is 1.31 bits per heavy atom. The van der Waals surface area contributed by atoms with E-state index in [0.717, 1.165) is 5.88 Å². The average Bonchev–Trinajstić information content (AvgIpc) is 2.28. The van der Waals surface area contributed by atoms with Crippen LogP contribution < -0.4 is 5.73 Å². The Balaban J connectivity index is 0.000000325.